The molecule has 1 unspecified atom stereocenters. The number of nitrogens with two attached hydrogens (primary N) is 1. The number of rotatable bonds is 2. The fourth-order valence-corrected chi connectivity index (χ4v) is 1.67. The van der Waals surface area contributed by atoms with E-state index in [9.17, 15) is 0 Å². The van der Waals surface area contributed by atoms with Crippen LogP contribution in [-0.4, -0.2) is 6.61 Å². The lowest BCUT2D eigenvalue weighted by Crippen LogP contribution is -2.38. The minimum Gasteiger partial charge on any atom is -0.348 e. The normalized spacial score (nSPS) is 25.9. The smallest absolute Gasteiger partial charge is 0.169 e. The summed E-state index contributed by atoms with van der Waals surface area (Å²) in [6.07, 6.45) is 3.71. The predicted octanol–water partition coefficient (Wildman–Crippen LogP) is 1.94. The second-order valence-electron chi connectivity index (χ2n) is 3.28. The van der Waals surface area contributed by atoms with Gasteiger partial charge in [-0.15, -0.1) is 0 Å². The molecule has 0 radical (unpaired) electrons. The zero-order valence-corrected chi connectivity index (χ0v) is 7.94. The fourth-order valence-electron chi connectivity index (χ4n) is 1.67. The number of hydrogen-bond donors (Lipinski definition) is 1. The van der Waals surface area contributed by atoms with Gasteiger partial charge >= 0.3 is 0 Å². The molecule has 2 nitrogen and oxygen atoms in total. The van der Waals surface area contributed by atoms with Crippen molar-refractivity contribution in [2.45, 2.75) is 5.72 Å². The van der Waals surface area contributed by atoms with E-state index >= 15 is 0 Å². The summed E-state index contributed by atoms with van der Waals surface area (Å²) >= 11 is 0. The summed E-state index contributed by atoms with van der Waals surface area (Å²) in [4.78, 5) is 0. The molecule has 0 aliphatic carbocycles. The molecule has 2 heteroatoms. The highest BCUT2D eigenvalue weighted by Gasteiger charge is 2.34. The highest BCUT2D eigenvalue weighted by molar-refractivity contribution is 5.39. The zero-order valence-electron chi connectivity index (χ0n) is 7.94. The first-order chi connectivity index (χ1) is 6.77. The Morgan fingerprint density at radius 2 is 2.07 bits per heavy atom. The molecule has 14 heavy (non-hydrogen) atoms. The van der Waals surface area contributed by atoms with Crippen LogP contribution in [0.15, 0.2) is 54.6 Å². The van der Waals surface area contributed by atoms with Crippen molar-refractivity contribution >= 4 is 0 Å². The third-order valence-electron chi connectivity index (χ3n) is 2.47. The largest absolute Gasteiger partial charge is 0.348 e. The first-order valence-electron chi connectivity index (χ1n) is 4.59. The second kappa shape index (κ2) is 3.40. The zero-order chi connectivity index (χ0) is 10.0. The molecule has 1 atom stereocenters. The van der Waals surface area contributed by atoms with Crippen molar-refractivity contribution < 1.29 is 4.74 Å². The van der Waals surface area contributed by atoms with Crippen molar-refractivity contribution in [1.82, 2.24) is 0 Å². The third kappa shape index (κ3) is 1.29. The van der Waals surface area contributed by atoms with Crippen LogP contribution in [0.4, 0.5) is 0 Å². The number of hydrogen-bond acceptors (Lipinski definition) is 2. The molecule has 0 aromatic heterocycles. The van der Waals surface area contributed by atoms with E-state index in [0.29, 0.717) is 6.61 Å². The molecule has 2 rings (SSSR count). The van der Waals surface area contributed by atoms with E-state index in [1.54, 1.807) is 6.08 Å². The van der Waals surface area contributed by atoms with Crippen LogP contribution >= 0.6 is 0 Å². The standard InChI is InChI=1S/C12H13NO/c1-2-10-8-9-14-12(10,13)11-6-4-3-5-7-11/h2-8H,1,9,13H2. The lowest BCUT2D eigenvalue weighted by atomic mass is 9.96. The van der Waals surface area contributed by atoms with E-state index in [0.717, 1.165) is 11.1 Å². The minimum absolute atomic E-state index is 0.548. The van der Waals surface area contributed by atoms with Gasteiger partial charge in [-0.25, -0.2) is 0 Å². The van der Waals surface area contributed by atoms with Gasteiger partial charge in [0, 0.05) is 11.1 Å². The fraction of sp³-hybridized carbons (Fsp3) is 0.167. The molecule has 1 heterocycles. The van der Waals surface area contributed by atoms with Crippen molar-refractivity contribution in [3.63, 3.8) is 0 Å². The van der Waals surface area contributed by atoms with Crippen molar-refractivity contribution in [1.29, 1.82) is 0 Å². The number of benzene rings is 1. The molecule has 0 amide bonds. The Bertz CT molecular complexity index is 369. The van der Waals surface area contributed by atoms with Gasteiger partial charge in [0.1, 0.15) is 0 Å². The average molecular weight is 187 g/mol. The maximum absolute atomic E-state index is 6.17. The van der Waals surface area contributed by atoms with Crippen LogP contribution in [0.5, 0.6) is 0 Å². The van der Waals surface area contributed by atoms with Crippen LogP contribution < -0.4 is 5.73 Å². The lowest BCUT2D eigenvalue weighted by Gasteiger charge is -2.26. The van der Waals surface area contributed by atoms with E-state index < -0.39 is 5.72 Å². The van der Waals surface area contributed by atoms with Crippen molar-refractivity contribution in [2.75, 3.05) is 6.61 Å². The molecule has 0 spiro atoms. The molecular formula is C12H13NO. The van der Waals surface area contributed by atoms with E-state index in [-0.39, 0.29) is 0 Å². The van der Waals surface area contributed by atoms with Gasteiger partial charge in [0.25, 0.3) is 0 Å². The molecule has 1 aromatic rings. The maximum Gasteiger partial charge on any atom is 0.169 e. The number of ether oxygens (including phenoxy) is 1. The minimum atomic E-state index is -0.803. The summed E-state index contributed by atoms with van der Waals surface area (Å²) in [5.41, 5.74) is 7.27. The van der Waals surface area contributed by atoms with Gasteiger partial charge in [-0.2, -0.15) is 0 Å². The molecule has 0 bridgehead atoms. The monoisotopic (exact) mass is 187 g/mol. The van der Waals surface area contributed by atoms with Crippen LogP contribution in [-0.2, 0) is 10.5 Å². The van der Waals surface area contributed by atoms with Gasteiger partial charge in [-0.05, 0) is 0 Å². The lowest BCUT2D eigenvalue weighted by molar-refractivity contribution is 0.0227. The van der Waals surface area contributed by atoms with Gasteiger partial charge in [0.05, 0.1) is 6.61 Å². The molecular weight excluding hydrogens is 174 g/mol. The average Bonchev–Trinajstić information content (AvgIpc) is 2.62. The summed E-state index contributed by atoms with van der Waals surface area (Å²) in [5.74, 6) is 0. The van der Waals surface area contributed by atoms with Crippen LogP contribution in [0.25, 0.3) is 0 Å². The Morgan fingerprint density at radius 3 is 2.71 bits per heavy atom. The first kappa shape index (κ1) is 9.19. The van der Waals surface area contributed by atoms with Gasteiger partial charge in [0.2, 0.25) is 0 Å². The molecule has 72 valence electrons. The summed E-state index contributed by atoms with van der Waals surface area (Å²) in [6.45, 7) is 4.28. The quantitative estimate of drug-likeness (QED) is 0.768. The summed E-state index contributed by atoms with van der Waals surface area (Å²) in [7, 11) is 0. The molecule has 2 N–H and O–H groups in total. The van der Waals surface area contributed by atoms with E-state index in [4.69, 9.17) is 10.5 Å². The van der Waals surface area contributed by atoms with Crippen molar-refractivity contribution in [3.8, 4) is 0 Å². The molecule has 0 saturated heterocycles. The highest BCUT2D eigenvalue weighted by atomic mass is 16.5. The molecule has 1 aliphatic heterocycles. The van der Waals surface area contributed by atoms with Crippen molar-refractivity contribution in [2.24, 2.45) is 5.73 Å². The Morgan fingerprint density at radius 1 is 1.36 bits per heavy atom. The summed E-state index contributed by atoms with van der Waals surface area (Å²) in [6, 6.07) is 9.78. The second-order valence-corrected chi connectivity index (χ2v) is 3.28. The van der Waals surface area contributed by atoms with Crippen LogP contribution in [0, 0.1) is 0 Å². The molecule has 0 fully saturated rings. The van der Waals surface area contributed by atoms with E-state index in [2.05, 4.69) is 6.58 Å². The van der Waals surface area contributed by atoms with Gasteiger partial charge in [0.15, 0.2) is 5.72 Å². The van der Waals surface area contributed by atoms with Crippen LogP contribution in [0.1, 0.15) is 5.56 Å². The molecule has 1 aromatic carbocycles. The van der Waals surface area contributed by atoms with Crippen LogP contribution in [0.3, 0.4) is 0 Å². The SMILES string of the molecule is C=CC1=CCOC1(N)c1ccccc1. The predicted molar refractivity (Wildman–Crippen MR) is 56.5 cm³/mol. The topological polar surface area (TPSA) is 35.2 Å². The molecule has 0 saturated carbocycles. The van der Waals surface area contributed by atoms with Crippen LogP contribution in [0.2, 0.25) is 0 Å². The first-order valence-corrected chi connectivity index (χ1v) is 4.59. The van der Waals surface area contributed by atoms with Gasteiger partial charge in [-0.1, -0.05) is 49.1 Å². The van der Waals surface area contributed by atoms with Gasteiger partial charge < -0.3 is 4.74 Å². The highest BCUT2D eigenvalue weighted by Crippen LogP contribution is 2.32. The summed E-state index contributed by atoms with van der Waals surface area (Å²) in [5, 5.41) is 0. The van der Waals surface area contributed by atoms with Crippen molar-refractivity contribution in [3.05, 3.63) is 60.2 Å². The summed E-state index contributed by atoms with van der Waals surface area (Å²) < 4.78 is 5.54. The Labute approximate surface area is 83.7 Å². The van der Waals surface area contributed by atoms with Gasteiger partial charge in [-0.3, -0.25) is 5.73 Å². The third-order valence-corrected chi connectivity index (χ3v) is 2.47. The maximum atomic E-state index is 6.17. The Hall–Kier alpha value is -1.38. The van der Waals surface area contributed by atoms with E-state index in [1.807, 2.05) is 36.4 Å². The molecule has 1 aliphatic rings. The Balaban J connectivity index is 2.43. The van der Waals surface area contributed by atoms with E-state index in [1.165, 1.54) is 0 Å². The Kier molecular flexibility index (Phi) is 2.23.